The maximum Gasteiger partial charge on any atom is 0.137 e. The molecule has 2 aliphatic rings. The van der Waals surface area contributed by atoms with Crippen molar-refractivity contribution >= 4 is 5.65 Å². The van der Waals surface area contributed by atoms with E-state index >= 15 is 0 Å². The summed E-state index contributed by atoms with van der Waals surface area (Å²) < 4.78 is 2.21. The summed E-state index contributed by atoms with van der Waals surface area (Å²) in [5.74, 6) is 0.941. The first-order chi connectivity index (χ1) is 13.2. The van der Waals surface area contributed by atoms with Crippen molar-refractivity contribution in [1.29, 1.82) is 0 Å². The van der Waals surface area contributed by atoms with Gasteiger partial charge in [-0.2, -0.15) is 0 Å². The van der Waals surface area contributed by atoms with E-state index in [2.05, 4.69) is 51.3 Å². The fourth-order valence-electron chi connectivity index (χ4n) is 4.76. The number of hydrogen-bond acceptors (Lipinski definition) is 5. The molecule has 0 aliphatic carbocycles. The molecular weight excluding hydrogens is 338 g/mol. The smallest absolute Gasteiger partial charge is 0.137 e. The van der Waals surface area contributed by atoms with Crippen molar-refractivity contribution in [3.8, 4) is 0 Å². The summed E-state index contributed by atoms with van der Waals surface area (Å²) in [4.78, 5) is 12.3. The largest absolute Gasteiger partial charge is 0.396 e. The number of fused-ring (bicyclic) bond motifs is 1. The van der Waals surface area contributed by atoms with Crippen molar-refractivity contribution in [3.05, 3.63) is 35.8 Å². The molecule has 0 amide bonds. The van der Waals surface area contributed by atoms with E-state index in [1.54, 1.807) is 0 Å². The Morgan fingerprint density at radius 1 is 1.04 bits per heavy atom. The molecule has 4 rings (SSSR count). The molecule has 0 spiro atoms. The third kappa shape index (κ3) is 4.04. The van der Waals surface area contributed by atoms with Gasteiger partial charge in [0.15, 0.2) is 0 Å². The average molecular weight is 372 g/mol. The van der Waals surface area contributed by atoms with Crippen LogP contribution in [0.3, 0.4) is 0 Å². The van der Waals surface area contributed by atoms with E-state index in [1.165, 1.54) is 18.8 Å². The fraction of sp³-hybridized carbons (Fsp3) is 0.667. The van der Waals surface area contributed by atoms with Gasteiger partial charge >= 0.3 is 0 Å². The molecule has 6 nitrogen and oxygen atoms in total. The summed E-state index contributed by atoms with van der Waals surface area (Å²) in [7, 11) is 0. The second-order valence-electron chi connectivity index (χ2n) is 8.20. The van der Waals surface area contributed by atoms with E-state index in [4.69, 9.17) is 4.98 Å². The second kappa shape index (κ2) is 8.27. The predicted octanol–water partition coefficient (Wildman–Crippen LogP) is 1.32. The molecular formula is C21H33N5O. The zero-order valence-electron chi connectivity index (χ0n) is 16.7. The van der Waals surface area contributed by atoms with Gasteiger partial charge in [-0.15, -0.1) is 0 Å². The number of aliphatic hydroxyl groups is 1. The summed E-state index contributed by atoms with van der Waals surface area (Å²) in [6.45, 7) is 14.6. The Kier molecular flexibility index (Phi) is 5.78. The van der Waals surface area contributed by atoms with Crippen LogP contribution < -0.4 is 0 Å². The van der Waals surface area contributed by atoms with Crippen molar-refractivity contribution in [2.24, 2.45) is 11.8 Å². The van der Waals surface area contributed by atoms with Gasteiger partial charge in [0.2, 0.25) is 0 Å². The molecule has 2 aromatic heterocycles. The molecule has 2 saturated heterocycles. The number of aromatic nitrogens is 2. The Bertz CT molecular complexity index is 752. The molecule has 0 saturated carbocycles. The lowest BCUT2D eigenvalue weighted by molar-refractivity contribution is 0.106. The van der Waals surface area contributed by atoms with Crippen LogP contribution in [0.1, 0.15) is 18.3 Å². The van der Waals surface area contributed by atoms with Gasteiger partial charge in [-0.05, 0) is 37.4 Å². The van der Waals surface area contributed by atoms with E-state index in [1.807, 2.05) is 6.07 Å². The van der Waals surface area contributed by atoms with Crippen molar-refractivity contribution in [2.45, 2.75) is 20.4 Å². The summed E-state index contributed by atoms with van der Waals surface area (Å²) in [5, 5.41) is 9.95. The van der Waals surface area contributed by atoms with Crippen LogP contribution in [0.2, 0.25) is 0 Å². The predicted molar refractivity (Wildman–Crippen MR) is 108 cm³/mol. The van der Waals surface area contributed by atoms with Crippen LogP contribution in [-0.2, 0) is 6.54 Å². The number of aryl methyl sites for hydroxylation is 1. The maximum absolute atomic E-state index is 9.95. The summed E-state index contributed by atoms with van der Waals surface area (Å²) in [6.07, 6.45) is 2.11. The number of nitrogens with zero attached hydrogens (tertiary/aromatic N) is 5. The first-order valence-electron chi connectivity index (χ1n) is 10.4. The highest BCUT2D eigenvalue weighted by Crippen LogP contribution is 2.27. The van der Waals surface area contributed by atoms with Crippen LogP contribution in [-0.4, -0.2) is 88.2 Å². The monoisotopic (exact) mass is 371 g/mol. The van der Waals surface area contributed by atoms with Crippen LogP contribution in [0.25, 0.3) is 5.65 Å². The molecule has 1 N–H and O–H groups in total. The van der Waals surface area contributed by atoms with Gasteiger partial charge in [-0.1, -0.05) is 13.0 Å². The van der Waals surface area contributed by atoms with Gasteiger partial charge in [-0.3, -0.25) is 4.90 Å². The molecule has 0 bridgehead atoms. The number of rotatable bonds is 6. The zero-order chi connectivity index (χ0) is 18.8. The summed E-state index contributed by atoms with van der Waals surface area (Å²) in [6, 6.07) is 6.17. The van der Waals surface area contributed by atoms with Crippen LogP contribution in [0.4, 0.5) is 0 Å². The number of likely N-dealkylation sites (N-methyl/N-ethyl adjacent to an activating group) is 1. The van der Waals surface area contributed by atoms with Gasteiger partial charge in [-0.25, -0.2) is 4.98 Å². The van der Waals surface area contributed by atoms with E-state index in [9.17, 15) is 5.11 Å². The number of pyridine rings is 1. The second-order valence-corrected chi connectivity index (χ2v) is 8.20. The van der Waals surface area contributed by atoms with Crippen LogP contribution in [0.15, 0.2) is 24.4 Å². The third-order valence-electron chi connectivity index (χ3n) is 6.49. The number of piperazine rings is 1. The Morgan fingerprint density at radius 2 is 1.78 bits per heavy atom. The Hall–Kier alpha value is -1.47. The molecule has 2 fully saturated rings. The lowest BCUT2D eigenvalue weighted by Gasteiger charge is -2.36. The van der Waals surface area contributed by atoms with E-state index < -0.39 is 0 Å². The maximum atomic E-state index is 9.95. The highest BCUT2D eigenvalue weighted by Gasteiger charge is 2.34. The molecule has 2 atom stereocenters. The first kappa shape index (κ1) is 18.9. The topological polar surface area (TPSA) is 47.2 Å². The number of hydrogen-bond donors (Lipinski definition) is 1. The van der Waals surface area contributed by atoms with E-state index in [0.29, 0.717) is 18.4 Å². The van der Waals surface area contributed by atoms with E-state index in [-0.39, 0.29) is 0 Å². The lowest BCUT2D eigenvalue weighted by Crippen LogP contribution is -2.48. The summed E-state index contributed by atoms with van der Waals surface area (Å²) in [5.41, 5.74) is 3.41. The Labute approximate surface area is 162 Å². The van der Waals surface area contributed by atoms with E-state index in [0.717, 1.165) is 57.2 Å². The standard InChI is InChI=1S/C21H33N5O/c1-3-23-8-10-24(11-9-23)12-18-13-25(14-19(18)16-27)15-20-17(2)22-21-6-4-5-7-26(20)21/h4-7,18-19,27H,3,8-16H2,1-2H3/t18-,19-/m1/s1. The zero-order valence-corrected chi connectivity index (χ0v) is 16.7. The van der Waals surface area contributed by atoms with Crippen LogP contribution in [0.5, 0.6) is 0 Å². The van der Waals surface area contributed by atoms with Crippen molar-refractivity contribution in [3.63, 3.8) is 0 Å². The number of aliphatic hydroxyl groups excluding tert-OH is 1. The minimum absolute atomic E-state index is 0.294. The third-order valence-corrected chi connectivity index (χ3v) is 6.49. The van der Waals surface area contributed by atoms with Gasteiger partial charge in [0.25, 0.3) is 0 Å². The number of imidazole rings is 1. The van der Waals surface area contributed by atoms with Gasteiger partial charge in [0, 0.05) is 65.2 Å². The quantitative estimate of drug-likeness (QED) is 0.830. The lowest BCUT2D eigenvalue weighted by atomic mass is 9.96. The molecule has 2 aromatic rings. The van der Waals surface area contributed by atoms with Gasteiger partial charge < -0.3 is 19.3 Å². The van der Waals surface area contributed by atoms with Gasteiger partial charge in [0.1, 0.15) is 5.65 Å². The van der Waals surface area contributed by atoms with Crippen molar-refractivity contribution in [1.82, 2.24) is 24.1 Å². The molecule has 27 heavy (non-hydrogen) atoms. The fourth-order valence-corrected chi connectivity index (χ4v) is 4.76. The molecule has 0 unspecified atom stereocenters. The van der Waals surface area contributed by atoms with Crippen LogP contribution in [0, 0.1) is 18.8 Å². The molecule has 0 radical (unpaired) electrons. The normalized spacial score (nSPS) is 25.6. The summed E-state index contributed by atoms with van der Waals surface area (Å²) >= 11 is 0. The molecule has 0 aromatic carbocycles. The minimum atomic E-state index is 0.294. The van der Waals surface area contributed by atoms with Gasteiger partial charge in [0.05, 0.1) is 11.4 Å². The molecule has 148 valence electrons. The minimum Gasteiger partial charge on any atom is -0.396 e. The molecule has 2 aliphatic heterocycles. The molecule has 6 heteroatoms. The first-order valence-corrected chi connectivity index (χ1v) is 10.4. The number of likely N-dealkylation sites (tertiary alicyclic amines) is 1. The Morgan fingerprint density at radius 3 is 2.52 bits per heavy atom. The van der Waals surface area contributed by atoms with Crippen LogP contribution >= 0.6 is 0 Å². The van der Waals surface area contributed by atoms with Crippen molar-refractivity contribution < 1.29 is 5.11 Å². The Balaban J connectivity index is 1.40. The molecule has 4 heterocycles. The van der Waals surface area contributed by atoms with Crippen molar-refractivity contribution in [2.75, 3.05) is 59.0 Å². The average Bonchev–Trinajstić information content (AvgIpc) is 3.23. The SMILES string of the molecule is CCN1CCN(C[C@@H]2CN(Cc3c(C)nc4ccccn34)C[C@@H]2CO)CC1. The highest BCUT2D eigenvalue weighted by molar-refractivity contribution is 5.42. The highest BCUT2D eigenvalue weighted by atomic mass is 16.3.